The van der Waals surface area contributed by atoms with E-state index in [1.807, 2.05) is 16.8 Å². The van der Waals surface area contributed by atoms with E-state index in [-0.39, 0.29) is 5.91 Å². The van der Waals surface area contributed by atoms with Crippen LogP contribution in [0.5, 0.6) is 0 Å². The van der Waals surface area contributed by atoms with Crippen LogP contribution in [0.15, 0.2) is 36.7 Å². The van der Waals surface area contributed by atoms with E-state index in [0.29, 0.717) is 17.4 Å². The molecule has 4 nitrogen and oxygen atoms in total. The third kappa shape index (κ3) is 2.36. The summed E-state index contributed by atoms with van der Waals surface area (Å²) in [6, 6.07) is 6.82. The van der Waals surface area contributed by atoms with Crippen molar-refractivity contribution in [1.82, 2.24) is 9.55 Å². The molecule has 1 saturated carbocycles. The summed E-state index contributed by atoms with van der Waals surface area (Å²) >= 11 is 0. The minimum Gasteiger partial charge on any atom is -0.340 e. The number of rotatable bonds is 3. The summed E-state index contributed by atoms with van der Waals surface area (Å²) in [4.78, 5) is 15.7. The maximum absolute atomic E-state index is 12.7. The van der Waals surface area contributed by atoms with Crippen LogP contribution in [0.3, 0.4) is 0 Å². The van der Waals surface area contributed by atoms with Crippen LogP contribution >= 0.6 is 0 Å². The van der Waals surface area contributed by atoms with E-state index < -0.39 is 5.95 Å². The number of carbonyl (C=O) groups excluding carboxylic acids is 1. The van der Waals surface area contributed by atoms with Crippen LogP contribution in [0.4, 0.5) is 10.1 Å². The number of hydrogen-bond donors (Lipinski definition) is 1. The molecule has 19 heavy (non-hydrogen) atoms. The Balaban J connectivity index is 1.76. The first-order chi connectivity index (χ1) is 9.24. The molecule has 2 aromatic rings. The maximum atomic E-state index is 12.7. The van der Waals surface area contributed by atoms with Crippen molar-refractivity contribution in [3.8, 4) is 0 Å². The van der Waals surface area contributed by atoms with E-state index in [9.17, 15) is 9.18 Å². The lowest BCUT2D eigenvalue weighted by molar-refractivity contribution is 0.101. The fourth-order valence-electron chi connectivity index (χ4n) is 2.21. The molecule has 0 spiro atoms. The van der Waals surface area contributed by atoms with Gasteiger partial charge in [-0.3, -0.25) is 4.79 Å². The predicted octanol–water partition coefficient (Wildman–Crippen LogP) is 3.00. The zero-order chi connectivity index (χ0) is 13.2. The Bertz CT molecular complexity index is 587. The Morgan fingerprint density at radius 1 is 1.37 bits per heavy atom. The summed E-state index contributed by atoms with van der Waals surface area (Å²) in [6.07, 6.45) is 6.69. The van der Waals surface area contributed by atoms with Crippen molar-refractivity contribution in [2.45, 2.75) is 25.3 Å². The highest BCUT2D eigenvalue weighted by Crippen LogP contribution is 2.32. The standard InChI is InChI=1S/C14H14FN3O/c15-13-7-6-10(9-16-13)17-14(19)12-5-2-8-18(12)11-3-1-4-11/h2,5-9,11H,1,3-4H2,(H,17,19). The average Bonchev–Trinajstić information content (AvgIpc) is 2.79. The normalized spacial score (nSPS) is 15.0. The molecule has 1 N–H and O–H groups in total. The maximum Gasteiger partial charge on any atom is 0.272 e. The zero-order valence-electron chi connectivity index (χ0n) is 10.3. The van der Waals surface area contributed by atoms with Gasteiger partial charge < -0.3 is 9.88 Å². The Morgan fingerprint density at radius 2 is 2.21 bits per heavy atom. The van der Waals surface area contributed by atoms with Gasteiger partial charge >= 0.3 is 0 Å². The number of anilines is 1. The minimum absolute atomic E-state index is 0.190. The lowest BCUT2D eigenvalue weighted by Crippen LogP contribution is -2.23. The highest BCUT2D eigenvalue weighted by atomic mass is 19.1. The van der Waals surface area contributed by atoms with Crippen molar-refractivity contribution in [1.29, 1.82) is 0 Å². The van der Waals surface area contributed by atoms with Gasteiger partial charge in [-0.1, -0.05) is 0 Å². The van der Waals surface area contributed by atoms with E-state index in [1.54, 1.807) is 6.07 Å². The molecule has 0 aromatic carbocycles. The molecule has 0 saturated heterocycles. The molecule has 1 amide bonds. The molecule has 0 unspecified atom stereocenters. The number of pyridine rings is 1. The highest BCUT2D eigenvalue weighted by molar-refractivity contribution is 6.03. The first kappa shape index (κ1) is 11.9. The van der Waals surface area contributed by atoms with Crippen LogP contribution in [0.2, 0.25) is 0 Å². The molecular formula is C14H14FN3O. The number of amides is 1. The Hall–Kier alpha value is -2.17. The van der Waals surface area contributed by atoms with Crippen molar-refractivity contribution in [3.05, 3.63) is 48.3 Å². The minimum atomic E-state index is -0.559. The third-order valence-corrected chi connectivity index (χ3v) is 3.46. The number of nitrogens with zero attached hydrogens (tertiary/aromatic N) is 2. The Morgan fingerprint density at radius 3 is 2.84 bits per heavy atom. The van der Waals surface area contributed by atoms with Crippen molar-refractivity contribution < 1.29 is 9.18 Å². The summed E-state index contributed by atoms with van der Waals surface area (Å²) in [5.74, 6) is -0.749. The number of nitrogens with one attached hydrogen (secondary N) is 1. The van der Waals surface area contributed by atoms with Gasteiger partial charge in [0, 0.05) is 12.2 Å². The van der Waals surface area contributed by atoms with Gasteiger partial charge in [-0.05, 0) is 43.5 Å². The lowest BCUT2D eigenvalue weighted by Gasteiger charge is -2.28. The van der Waals surface area contributed by atoms with E-state index in [2.05, 4.69) is 10.3 Å². The van der Waals surface area contributed by atoms with Crippen molar-refractivity contribution in [2.24, 2.45) is 0 Å². The number of carbonyl (C=O) groups is 1. The van der Waals surface area contributed by atoms with Crippen molar-refractivity contribution in [2.75, 3.05) is 5.32 Å². The van der Waals surface area contributed by atoms with Gasteiger partial charge in [0.05, 0.1) is 11.9 Å². The monoisotopic (exact) mass is 259 g/mol. The van der Waals surface area contributed by atoms with E-state index in [4.69, 9.17) is 0 Å². The summed E-state index contributed by atoms with van der Waals surface area (Å²) in [7, 11) is 0. The molecule has 1 aliphatic carbocycles. The molecule has 0 atom stereocenters. The van der Waals surface area contributed by atoms with Crippen molar-refractivity contribution in [3.63, 3.8) is 0 Å². The van der Waals surface area contributed by atoms with Crippen molar-refractivity contribution >= 4 is 11.6 Å². The third-order valence-electron chi connectivity index (χ3n) is 3.46. The second-order valence-electron chi connectivity index (χ2n) is 4.71. The first-order valence-electron chi connectivity index (χ1n) is 6.34. The molecule has 0 bridgehead atoms. The largest absolute Gasteiger partial charge is 0.340 e. The van der Waals surface area contributed by atoms with Crippen LogP contribution in [0.1, 0.15) is 35.8 Å². The molecular weight excluding hydrogens is 245 g/mol. The smallest absolute Gasteiger partial charge is 0.272 e. The predicted molar refractivity (Wildman–Crippen MR) is 69.5 cm³/mol. The molecule has 2 aromatic heterocycles. The fraction of sp³-hybridized carbons (Fsp3) is 0.286. The molecule has 0 aliphatic heterocycles. The molecule has 98 valence electrons. The molecule has 1 fully saturated rings. The molecule has 1 aliphatic rings. The Kier molecular flexibility index (Phi) is 3.03. The van der Waals surface area contributed by atoms with E-state index in [1.165, 1.54) is 24.8 Å². The number of halogens is 1. The number of hydrogen-bond acceptors (Lipinski definition) is 2. The van der Waals surface area contributed by atoms with Gasteiger partial charge in [0.2, 0.25) is 5.95 Å². The van der Waals surface area contributed by atoms with Gasteiger partial charge in [-0.15, -0.1) is 0 Å². The van der Waals surface area contributed by atoms with Gasteiger partial charge in [0.1, 0.15) is 5.69 Å². The highest BCUT2D eigenvalue weighted by Gasteiger charge is 2.23. The summed E-state index contributed by atoms with van der Waals surface area (Å²) < 4.78 is 14.7. The second kappa shape index (κ2) is 4.84. The van der Waals surface area contributed by atoms with E-state index >= 15 is 0 Å². The van der Waals surface area contributed by atoms with Crippen LogP contribution in [-0.2, 0) is 0 Å². The fourth-order valence-corrected chi connectivity index (χ4v) is 2.21. The van der Waals surface area contributed by atoms with Gasteiger partial charge in [-0.2, -0.15) is 4.39 Å². The van der Waals surface area contributed by atoms with Crippen LogP contribution in [-0.4, -0.2) is 15.5 Å². The van der Waals surface area contributed by atoms with Crippen LogP contribution in [0.25, 0.3) is 0 Å². The van der Waals surface area contributed by atoms with E-state index in [0.717, 1.165) is 12.8 Å². The first-order valence-corrected chi connectivity index (χ1v) is 6.34. The van der Waals surface area contributed by atoms with Gasteiger partial charge in [0.25, 0.3) is 5.91 Å². The van der Waals surface area contributed by atoms with Crippen LogP contribution in [0, 0.1) is 5.95 Å². The summed E-state index contributed by atoms with van der Waals surface area (Å²) in [5, 5.41) is 2.73. The molecule has 0 radical (unpaired) electrons. The molecule has 2 heterocycles. The quantitative estimate of drug-likeness (QED) is 0.861. The number of aromatic nitrogens is 2. The van der Waals surface area contributed by atoms with Gasteiger partial charge in [0.15, 0.2) is 0 Å². The summed E-state index contributed by atoms with van der Waals surface area (Å²) in [5.41, 5.74) is 1.13. The molecule has 5 heteroatoms. The Labute approximate surface area is 110 Å². The molecule has 3 rings (SSSR count). The average molecular weight is 259 g/mol. The zero-order valence-corrected chi connectivity index (χ0v) is 10.3. The van der Waals surface area contributed by atoms with Crippen LogP contribution < -0.4 is 5.32 Å². The summed E-state index contributed by atoms with van der Waals surface area (Å²) in [6.45, 7) is 0. The SMILES string of the molecule is O=C(Nc1ccc(F)nc1)c1cccn1C1CCC1. The van der Waals surface area contributed by atoms with Gasteiger partial charge in [-0.25, -0.2) is 4.98 Å². The lowest BCUT2D eigenvalue weighted by atomic mass is 9.93. The second-order valence-corrected chi connectivity index (χ2v) is 4.71. The topological polar surface area (TPSA) is 46.9 Å².